The lowest BCUT2D eigenvalue weighted by Crippen LogP contribution is -2.27. The van der Waals surface area contributed by atoms with E-state index in [1.807, 2.05) is 6.07 Å². The fourth-order valence-electron chi connectivity index (χ4n) is 3.49. The van der Waals surface area contributed by atoms with Gasteiger partial charge in [0, 0.05) is 19.3 Å². The molecule has 0 atom stereocenters. The molecule has 0 N–H and O–H groups in total. The maximum absolute atomic E-state index is 4.90. The minimum Gasteiger partial charge on any atom is -0.308 e. The van der Waals surface area contributed by atoms with Crippen LogP contribution in [0.4, 0.5) is 0 Å². The van der Waals surface area contributed by atoms with Gasteiger partial charge in [-0.2, -0.15) is 0 Å². The molecule has 2 aromatic carbocycles. The van der Waals surface area contributed by atoms with Gasteiger partial charge in [-0.25, -0.2) is 4.98 Å². The Morgan fingerprint density at radius 3 is 2.35 bits per heavy atom. The number of fused-ring (bicyclic) bond motifs is 3. The average molecular weight is 369 g/mol. The van der Waals surface area contributed by atoms with Gasteiger partial charge in [0.25, 0.3) is 0 Å². The smallest absolute Gasteiger partial charge is 0.215 e. The molecule has 2 heterocycles. The lowest BCUT2D eigenvalue weighted by molar-refractivity contribution is 0.292. The van der Waals surface area contributed by atoms with E-state index >= 15 is 0 Å². The number of imidazole rings is 2. The predicted molar refractivity (Wildman–Crippen MR) is 111 cm³/mol. The number of nitrogens with zero attached hydrogens (tertiary/aromatic N) is 4. The van der Waals surface area contributed by atoms with Gasteiger partial charge < -0.3 is 9.47 Å². The van der Waals surface area contributed by atoms with E-state index in [0.717, 1.165) is 43.0 Å². The standard InChI is InChI=1S/C21H24N4.ClH/c1-3-23(4-2)14-15-24-20(17-10-6-5-7-11-17)16-25-19-13-9-8-12-18(19)22-21(24)25;/h5-13,16H,3-4,14-15H2,1-2H3;1H. The van der Waals surface area contributed by atoms with E-state index in [1.54, 1.807) is 0 Å². The van der Waals surface area contributed by atoms with E-state index < -0.39 is 0 Å². The molecule has 136 valence electrons. The van der Waals surface area contributed by atoms with Crippen molar-refractivity contribution in [2.24, 2.45) is 0 Å². The number of para-hydroxylation sites is 2. The number of likely N-dealkylation sites (N-methyl/N-ethyl adjacent to an activating group) is 1. The number of hydrogen-bond acceptors (Lipinski definition) is 2. The Morgan fingerprint density at radius 2 is 1.62 bits per heavy atom. The summed E-state index contributed by atoms with van der Waals surface area (Å²) in [6.07, 6.45) is 2.22. The Balaban J connectivity index is 0.00000196. The van der Waals surface area contributed by atoms with Gasteiger partial charge in [0.15, 0.2) is 0 Å². The Hall–Kier alpha value is -2.30. The van der Waals surface area contributed by atoms with E-state index in [0.29, 0.717) is 0 Å². The van der Waals surface area contributed by atoms with Crippen LogP contribution in [0.15, 0.2) is 60.8 Å². The van der Waals surface area contributed by atoms with Crippen molar-refractivity contribution in [3.05, 3.63) is 60.8 Å². The second-order valence-electron chi connectivity index (χ2n) is 6.33. The van der Waals surface area contributed by atoms with E-state index in [9.17, 15) is 0 Å². The summed E-state index contributed by atoms with van der Waals surface area (Å²) in [7, 11) is 0. The summed E-state index contributed by atoms with van der Waals surface area (Å²) < 4.78 is 4.58. The van der Waals surface area contributed by atoms with E-state index in [2.05, 4.69) is 82.4 Å². The highest BCUT2D eigenvalue weighted by Crippen LogP contribution is 2.26. The van der Waals surface area contributed by atoms with Gasteiger partial charge in [-0.3, -0.25) is 4.40 Å². The number of aromatic nitrogens is 3. The molecule has 0 saturated carbocycles. The van der Waals surface area contributed by atoms with Gasteiger partial charge in [-0.05, 0) is 30.8 Å². The lowest BCUT2D eigenvalue weighted by atomic mass is 10.2. The molecule has 4 aromatic rings. The fourth-order valence-corrected chi connectivity index (χ4v) is 3.49. The predicted octanol–water partition coefficient (Wildman–Crippen LogP) is 4.72. The third-order valence-electron chi connectivity index (χ3n) is 4.96. The Bertz CT molecular complexity index is 983. The zero-order valence-corrected chi connectivity index (χ0v) is 16.1. The highest BCUT2D eigenvalue weighted by Gasteiger charge is 2.15. The van der Waals surface area contributed by atoms with Crippen molar-refractivity contribution in [2.45, 2.75) is 20.4 Å². The second kappa shape index (κ2) is 7.94. The molecule has 0 radical (unpaired) electrons. The van der Waals surface area contributed by atoms with Crippen LogP contribution in [-0.2, 0) is 6.54 Å². The molecular weight excluding hydrogens is 344 g/mol. The lowest BCUT2D eigenvalue weighted by Gasteiger charge is -2.19. The van der Waals surface area contributed by atoms with Crippen LogP contribution >= 0.6 is 12.4 Å². The van der Waals surface area contributed by atoms with Crippen LogP contribution in [0, 0.1) is 0 Å². The van der Waals surface area contributed by atoms with E-state index in [1.165, 1.54) is 11.3 Å². The maximum atomic E-state index is 4.90. The van der Waals surface area contributed by atoms with Gasteiger partial charge in [0.1, 0.15) is 0 Å². The summed E-state index contributed by atoms with van der Waals surface area (Å²) >= 11 is 0. The van der Waals surface area contributed by atoms with Gasteiger partial charge in [-0.1, -0.05) is 56.3 Å². The van der Waals surface area contributed by atoms with Crippen molar-refractivity contribution in [3.63, 3.8) is 0 Å². The number of hydrogen-bond donors (Lipinski definition) is 0. The third kappa shape index (κ3) is 3.22. The Morgan fingerprint density at radius 1 is 0.923 bits per heavy atom. The molecule has 4 rings (SSSR count). The van der Waals surface area contributed by atoms with Gasteiger partial charge >= 0.3 is 0 Å². The van der Waals surface area contributed by atoms with Gasteiger partial charge in [0.05, 0.1) is 16.7 Å². The molecule has 0 spiro atoms. The van der Waals surface area contributed by atoms with Crippen LogP contribution in [0.25, 0.3) is 28.1 Å². The highest BCUT2D eigenvalue weighted by molar-refractivity contribution is 5.85. The minimum atomic E-state index is 0. The summed E-state index contributed by atoms with van der Waals surface area (Å²) in [5, 5.41) is 0. The van der Waals surface area contributed by atoms with Crippen molar-refractivity contribution in [2.75, 3.05) is 19.6 Å². The molecule has 0 aliphatic rings. The van der Waals surface area contributed by atoms with Crippen molar-refractivity contribution in [1.82, 2.24) is 18.9 Å². The molecule has 4 nitrogen and oxygen atoms in total. The zero-order chi connectivity index (χ0) is 17.2. The first-order chi connectivity index (χ1) is 12.3. The van der Waals surface area contributed by atoms with Gasteiger partial charge in [0.2, 0.25) is 5.78 Å². The summed E-state index contributed by atoms with van der Waals surface area (Å²) in [4.78, 5) is 7.35. The normalized spacial score (nSPS) is 11.3. The summed E-state index contributed by atoms with van der Waals surface area (Å²) in [5.74, 6) is 1.02. The molecule has 0 aliphatic heterocycles. The van der Waals surface area contributed by atoms with Gasteiger partial charge in [-0.15, -0.1) is 12.4 Å². The van der Waals surface area contributed by atoms with Crippen LogP contribution in [0.2, 0.25) is 0 Å². The SMILES string of the molecule is CCN(CC)CCn1c(-c2ccccc2)cn2c3ccccc3nc12.Cl. The number of halogens is 1. The first-order valence-electron chi connectivity index (χ1n) is 9.06. The van der Waals surface area contributed by atoms with Crippen LogP contribution in [-0.4, -0.2) is 38.5 Å². The van der Waals surface area contributed by atoms with Crippen LogP contribution < -0.4 is 0 Å². The number of benzene rings is 2. The third-order valence-corrected chi connectivity index (χ3v) is 4.96. The molecule has 5 heteroatoms. The van der Waals surface area contributed by atoms with Crippen molar-refractivity contribution in [3.8, 4) is 11.3 Å². The van der Waals surface area contributed by atoms with Crippen molar-refractivity contribution < 1.29 is 0 Å². The molecule has 0 fully saturated rings. The van der Waals surface area contributed by atoms with Crippen LogP contribution in [0.1, 0.15) is 13.8 Å². The highest BCUT2D eigenvalue weighted by atomic mass is 35.5. The van der Waals surface area contributed by atoms with Crippen molar-refractivity contribution >= 4 is 29.2 Å². The van der Waals surface area contributed by atoms with E-state index in [-0.39, 0.29) is 12.4 Å². The fraction of sp³-hybridized carbons (Fsp3) is 0.286. The molecule has 0 saturated heterocycles. The van der Waals surface area contributed by atoms with E-state index in [4.69, 9.17) is 4.98 Å². The largest absolute Gasteiger partial charge is 0.308 e. The first kappa shape index (κ1) is 18.5. The topological polar surface area (TPSA) is 25.5 Å². The summed E-state index contributed by atoms with van der Waals surface area (Å²) in [5.41, 5.74) is 4.67. The minimum absolute atomic E-state index is 0. The Kier molecular flexibility index (Phi) is 5.64. The summed E-state index contributed by atoms with van der Waals surface area (Å²) in [6, 6.07) is 18.9. The maximum Gasteiger partial charge on any atom is 0.215 e. The average Bonchev–Trinajstić information content (AvgIpc) is 3.20. The number of rotatable bonds is 6. The molecular formula is C21H25ClN4. The Labute approximate surface area is 160 Å². The molecule has 26 heavy (non-hydrogen) atoms. The molecule has 2 aromatic heterocycles. The second-order valence-corrected chi connectivity index (χ2v) is 6.33. The van der Waals surface area contributed by atoms with Crippen molar-refractivity contribution in [1.29, 1.82) is 0 Å². The molecule has 0 amide bonds. The summed E-state index contributed by atoms with van der Waals surface area (Å²) in [6.45, 7) is 8.55. The molecule has 0 aliphatic carbocycles. The quantitative estimate of drug-likeness (QED) is 0.492. The first-order valence-corrected chi connectivity index (χ1v) is 9.06. The van der Waals surface area contributed by atoms with Crippen LogP contribution in [0.3, 0.4) is 0 Å². The molecule has 0 bridgehead atoms. The zero-order valence-electron chi connectivity index (χ0n) is 15.3. The van der Waals surface area contributed by atoms with Crippen LogP contribution in [0.5, 0.6) is 0 Å². The molecule has 0 unspecified atom stereocenters. The monoisotopic (exact) mass is 368 g/mol.